The van der Waals surface area contributed by atoms with E-state index in [2.05, 4.69) is 84.3 Å². The fraction of sp³-hybridized carbons (Fsp3) is 0.0526. The molecule has 0 saturated carbocycles. The molecule has 0 aliphatic rings. The van der Waals surface area contributed by atoms with Crippen LogP contribution in [0.2, 0.25) is 0 Å². The zero-order valence-corrected chi connectivity index (χ0v) is 12.0. The number of rotatable bonds is 4. The van der Waals surface area contributed by atoms with Crippen LogP contribution in [0.1, 0.15) is 21.9 Å². The maximum absolute atomic E-state index is 2.29. The molecule has 2 aromatic carbocycles. The molecule has 3 rings (SSSR count). The molecule has 1 unspecified atom stereocenters. The largest absolute Gasteiger partial charge is 0.148 e. The lowest BCUT2D eigenvalue weighted by atomic mass is 9.96. The minimum absolute atomic E-state index is 0.330. The molecule has 1 heterocycles. The normalized spacial score (nSPS) is 12.6. The van der Waals surface area contributed by atoms with E-state index < -0.39 is 0 Å². The first-order valence-electron chi connectivity index (χ1n) is 6.75. The minimum atomic E-state index is 0.330. The van der Waals surface area contributed by atoms with Crippen LogP contribution in [0, 0.1) is 0 Å². The summed E-state index contributed by atoms with van der Waals surface area (Å²) in [6, 6.07) is 25.4. The van der Waals surface area contributed by atoms with Crippen LogP contribution in [0.15, 0.2) is 84.3 Å². The van der Waals surface area contributed by atoms with Gasteiger partial charge in [0.25, 0.3) is 0 Å². The summed E-state index contributed by atoms with van der Waals surface area (Å²) in [7, 11) is 0. The van der Waals surface area contributed by atoms with E-state index >= 15 is 0 Å². The quantitative estimate of drug-likeness (QED) is 0.582. The maximum Gasteiger partial charge on any atom is 0.0367 e. The third kappa shape index (κ3) is 3.06. The van der Waals surface area contributed by atoms with Gasteiger partial charge in [0.05, 0.1) is 0 Å². The molecule has 0 aliphatic heterocycles. The summed E-state index contributed by atoms with van der Waals surface area (Å²) in [4.78, 5) is 1.38. The summed E-state index contributed by atoms with van der Waals surface area (Å²) < 4.78 is 0. The number of thiophene rings is 1. The van der Waals surface area contributed by atoms with Crippen LogP contribution in [0.4, 0.5) is 0 Å². The molecule has 0 saturated heterocycles. The van der Waals surface area contributed by atoms with Crippen molar-refractivity contribution in [2.24, 2.45) is 0 Å². The zero-order chi connectivity index (χ0) is 13.6. The van der Waals surface area contributed by atoms with Crippen molar-refractivity contribution >= 4 is 17.4 Å². The average molecular weight is 276 g/mol. The lowest BCUT2D eigenvalue weighted by molar-refractivity contribution is 1.06. The smallest absolute Gasteiger partial charge is 0.0367 e. The van der Waals surface area contributed by atoms with Gasteiger partial charge in [-0.3, -0.25) is 0 Å². The van der Waals surface area contributed by atoms with Gasteiger partial charge in [0, 0.05) is 10.8 Å². The van der Waals surface area contributed by atoms with Crippen LogP contribution < -0.4 is 0 Å². The predicted octanol–water partition coefficient (Wildman–Crippen LogP) is 5.59. The first-order chi connectivity index (χ1) is 9.93. The second-order valence-electron chi connectivity index (χ2n) is 4.67. The molecule has 0 fully saturated rings. The van der Waals surface area contributed by atoms with Gasteiger partial charge in [-0.15, -0.1) is 11.3 Å². The molecule has 0 radical (unpaired) electrons. The van der Waals surface area contributed by atoms with Crippen molar-refractivity contribution in [3.63, 3.8) is 0 Å². The SMILES string of the molecule is C(=CC(c1ccccc1)c1cccs1)c1ccccc1. The molecule has 1 atom stereocenters. The third-order valence-electron chi connectivity index (χ3n) is 3.29. The molecule has 0 spiro atoms. The molecule has 1 heteroatoms. The zero-order valence-electron chi connectivity index (χ0n) is 11.1. The lowest BCUT2D eigenvalue weighted by Crippen LogP contribution is -1.94. The highest BCUT2D eigenvalue weighted by Gasteiger charge is 2.11. The lowest BCUT2D eigenvalue weighted by Gasteiger charge is -2.11. The van der Waals surface area contributed by atoms with Gasteiger partial charge in [-0.05, 0) is 22.6 Å². The Morgan fingerprint density at radius 3 is 2.10 bits per heavy atom. The first kappa shape index (κ1) is 12.9. The molecular weight excluding hydrogens is 260 g/mol. The highest BCUT2D eigenvalue weighted by Crippen LogP contribution is 2.30. The Labute approximate surface area is 124 Å². The van der Waals surface area contributed by atoms with Gasteiger partial charge in [-0.1, -0.05) is 78.9 Å². The van der Waals surface area contributed by atoms with E-state index in [-0.39, 0.29) is 0 Å². The molecule has 0 bridgehead atoms. The standard InChI is InChI=1S/C19H16S/c1-3-8-16(9-4-1)13-14-18(19-12-7-15-20-19)17-10-5-2-6-11-17/h1-15,18H. The van der Waals surface area contributed by atoms with E-state index in [4.69, 9.17) is 0 Å². The van der Waals surface area contributed by atoms with E-state index in [0.29, 0.717) is 5.92 Å². The molecule has 0 nitrogen and oxygen atoms in total. The van der Waals surface area contributed by atoms with Crippen molar-refractivity contribution in [1.82, 2.24) is 0 Å². The van der Waals surface area contributed by atoms with Gasteiger partial charge in [-0.25, -0.2) is 0 Å². The Morgan fingerprint density at radius 2 is 1.45 bits per heavy atom. The summed E-state index contributed by atoms with van der Waals surface area (Å²) in [5, 5.41) is 2.14. The maximum atomic E-state index is 2.29. The average Bonchev–Trinajstić information content (AvgIpc) is 3.04. The molecule has 3 aromatic rings. The van der Waals surface area contributed by atoms with Gasteiger partial charge in [0.15, 0.2) is 0 Å². The van der Waals surface area contributed by atoms with Gasteiger partial charge in [0.1, 0.15) is 0 Å². The van der Waals surface area contributed by atoms with Crippen LogP contribution in [0.3, 0.4) is 0 Å². The highest BCUT2D eigenvalue weighted by atomic mass is 32.1. The molecule has 0 aliphatic carbocycles. The number of benzene rings is 2. The second-order valence-corrected chi connectivity index (χ2v) is 5.65. The molecule has 0 amide bonds. The van der Waals surface area contributed by atoms with Crippen LogP contribution in [-0.2, 0) is 0 Å². The number of hydrogen-bond donors (Lipinski definition) is 0. The summed E-state index contributed by atoms with van der Waals surface area (Å²) in [5.41, 5.74) is 2.58. The van der Waals surface area contributed by atoms with Crippen molar-refractivity contribution in [3.8, 4) is 0 Å². The van der Waals surface area contributed by atoms with Gasteiger partial charge >= 0.3 is 0 Å². The Balaban J connectivity index is 1.93. The third-order valence-corrected chi connectivity index (χ3v) is 4.24. The fourth-order valence-corrected chi connectivity index (χ4v) is 3.10. The van der Waals surface area contributed by atoms with Crippen molar-refractivity contribution in [3.05, 3.63) is 100 Å². The fourth-order valence-electron chi connectivity index (χ4n) is 2.27. The summed E-state index contributed by atoms with van der Waals surface area (Å²) in [6.45, 7) is 0. The minimum Gasteiger partial charge on any atom is -0.148 e. The number of hydrogen-bond acceptors (Lipinski definition) is 1. The highest BCUT2D eigenvalue weighted by molar-refractivity contribution is 7.10. The Bertz CT molecular complexity index is 652. The molecule has 1 aromatic heterocycles. The van der Waals surface area contributed by atoms with E-state index in [0.717, 1.165) is 0 Å². The molecule has 0 N–H and O–H groups in total. The van der Waals surface area contributed by atoms with Crippen molar-refractivity contribution in [2.45, 2.75) is 5.92 Å². The van der Waals surface area contributed by atoms with Crippen LogP contribution in [-0.4, -0.2) is 0 Å². The van der Waals surface area contributed by atoms with E-state index in [1.165, 1.54) is 16.0 Å². The van der Waals surface area contributed by atoms with E-state index in [9.17, 15) is 0 Å². The Morgan fingerprint density at radius 1 is 0.750 bits per heavy atom. The first-order valence-corrected chi connectivity index (χ1v) is 7.63. The van der Waals surface area contributed by atoms with Crippen molar-refractivity contribution < 1.29 is 0 Å². The monoisotopic (exact) mass is 276 g/mol. The molecular formula is C19H16S. The molecule has 20 heavy (non-hydrogen) atoms. The predicted molar refractivity (Wildman–Crippen MR) is 88.1 cm³/mol. The van der Waals surface area contributed by atoms with E-state index in [1.54, 1.807) is 0 Å². The Hall–Kier alpha value is -2.12. The van der Waals surface area contributed by atoms with Crippen LogP contribution in [0.5, 0.6) is 0 Å². The summed E-state index contributed by atoms with van der Waals surface area (Å²) in [5.74, 6) is 0.330. The second kappa shape index (κ2) is 6.36. The van der Waals surface area contributed by atoms with Crippen LogP contribution >= 0.6 is 11.3 Å². The topological polar surface area (TPSA) is 0 Å². The molecule has 98 valence electrons. The van der Waals surface area contributed by atoms with Crippen molar-refractivity contribution in [2.75, 3.05) is 0 Å². The van der Waals surface area contributed by atoms with Crippen molar-refractivity contribution in [1.29, 1.82) is 0 Å². The van der Waals surface area contributed by atoms with Gasteiger partial charge in [0.2, 0.25) is 0 Å². The Kier molecular flexibility index (Phi) is 4.10. The van der Waals surface area contributed by atoms with Gasteiger partial charge < -0.3 is 0 Å². The summed E-state index contributed by atoms with van der Waals surface area (Å²) >= 11 is 1.81. The van der Waals surface area contributed by atoms with Gasteiger partial charge in [-0.2, -0.15) is 0 Å². The summed E-state index contributed by atoms with van der Waals surface area (Å²) in [6.07, 6.45) is 4.49. The van der Waals surface area contributed by atoms with E-state index in [1.807, 2.05) is 17.4 Å². The van der Waals surface area contributed by atoms with Crippen LogP contribution in [0.25, 0.3) is 6.08 Å². The number of allylic oxidation sites excluding steroid dienone is 1.